The van der Waals surface area contributed by atoms with E-state index in [9.17, 15) is 19.8 Å². The van der Waals surface area contributed by atoms with Crippen molar-refractivity contribution in [3.05, 3.63) is 33.1 Å². The molecule has 9 heteroatoms. The molecule has 0 aliphatic rings. The maximum absolute atomic E-state index is 11.4. The summed E-state index contributed by atoms with van der Waals surface area (Å²) in [6.07, 6.45) is -1.32. The van der Waals surface area contributed by atoms with E-state index in [0.717, 1.165) is 12.3 Å². The monoisotopic (exact) mass is 271 g/mol. The summed E-state index contributed by atoms with van der Waals surface area (Å²) in [5.41, 5.74) is -3.40. The Morgan fingerprint density at radius 2 is 2.21 bits per heavy atom. The van der Waals surface area contributed by atoms with Crippen LogP contribution in [0.25, 0.3) is 0 Å². The SMILES string of the molecule is C[C@](CO)(OC#N)[C@@H](O)[C@@H](O)n1ccc(=O)[nH]c1=O. The van der Waals surface area contributed by atoms with Gasteiger partial charge in [-0.15, -0.1) is 0 Å². The Morgan fingerprint density at radius 3 is 2.68 bits per heavy atom. The molecule has 0 amide bonds. The van der Waals surface area contributed by atoms with Gasteiger partial charge in [-0.25, -0.2) is 4.79 Å². The minimum absolute atomic E-state index is 0.640. The summed E-state index contributed by atoms with van der Waals surface area (Å²) in [4.78, 5) is 24.2. The van der Waals surface area contributed by atoms with Crippen molar-refractivity contribution < 1.29 is 20.1 Å². The molecule has 0 aliphatic heterocycles. The third kappa shape index (κ3) is 3.00. The zero-order valence-corrected chi connectivity index (χ0v) is 9.98. The molecule has 0 radical (unpaired) electrons. The fourth-order valence-corrected chi connectivity index (χ4v) is 1.39. The van der Waals surface area contributed by atoms with Crippen LogP contribution in [-0.2, 0) is 4.74 Å². The van der Waals surface area contributed by atoms with E-state index in [4.69, 9.17) is 10.4 Å². The van der Waals surface area contributed by atoms with Crippen LogP contribution in [0, 0.1) is 11.5 Å². The predicted octanol–water partition coefficient (Wildman–Crippen LogP) is -2.36. The average Bonchev–Trinajstić information content (AvgIpc) is 2.37. The molecular formula is C10H13N3O6. The van der Waals surface area contributed by atoms with Crippen LogP contribution < -0.4 is 11.2 Å². The van der Waals surface area contributed by atoms with Crippen LogP contribution in [0.5, 0.6) is 0 Å². The quantitative estimate of drug-likeness (QED) is 0.437. The second-order valence-corrected chi connectivity index (χ2v) is 4.04. The van der Waals surface area contributed by atoms with E-state index in [1.165, 1.54) is 13.2 Å². The van der Waals surface area contributed by atoms with Crippen molar-refractivity contribution in [3.63, 3.8) is 0 Å². The van der Waals surface area contributed by atoms with E-state index in [1.54, 1.807) is 0 Å². The van der Waals surface area contributed by atoms with Gasteiger partial charge in [0.05, 0.1) is 6.61 Å². The number of aliphatic hydroxyl groups is 3. The molecule has 3 atom stereocenters. The lowest BCUT2D eigenvalue weighted by Gasteiger charge is -2.32. The molecule has 0 aromatic carbocycles. The van der Waals surface area contributed by atoms with Crippen LogP contribution >= 0.6 is 0 Å². The molecule has 104 valence electrons. The van der Waals surface area contributed by atoms with Crippen molar-refractivity contribution in [3.8, 4) is 6.26 Å². The van der Waals surface area contributed by atoms with Crippen LogP contribution in [0.15, 0.2) is 21.9 Å². The molecule has 0 fully saturated rings. The zero-order chi connectivity index (χ0) is 14.6. The number of hydrogen-bond acceptors (Lipinski definition) is 7. The fourth-order valence-electron chi connectivity index (χ4n) is 1.39. The van der Waals surface area contributed by atoms with Crippen LogP contribution in [0.3, 0.4) is 0 Å². The molecule has 1 aromatic rings. The lowest BCUT2D eigenvalue weighted by atomic mass is 9.98. The van der Waals surface area contributed by atoms with Crippen molar-refractivity contribution in [2.24, 2.45) is 0 Å². The number of H-pyrrole nitrogens is 1. The number of hydrogen-bond donors (Lipinski definition) is 4. The van der Waals surface area contributed by atoms with Crippen LogP contribution in [0.4, 0.5) is 0 Å². The molecule has 4 N–H and O–H groups in total. The average molecular weight is 271 g/mol. The number of nitrogens with one attached hydrogen (secondary N) is 1. The van der Waals surface area contributed by atoms with E-state index in [1.807, 2.05) is 4.98 Å². The number of aliphatic hydroxyl groups excluding tert-OH is 3. The molecule has 0 saturated carbocycles. The third-order valence-electron chi connectivity index (χ3n) is 2.64. The number of aromatic nitrogens is 2. The molecule has 0 spiro atoms. The van der Waals surface area contributed by atoms with E-state index >= 15 is 0 Å². The Kier molecular flexibility index (Phi) is 4.44. The molecule has 0 bridgehead atoms. The van der Waals surface area contributed by atoms with Crippen molar-refractivity contribution >= 4 is 0 Å². The fraction of sp³-hybridized carbons (Fsp3) is 0.500. The topological polar surface area (TPSA) is 149 Å². The number of nitrogens with zero attached hydrogens (tertiary/aromatic N) is 2. The molecule has 0 aliphatic carbocycles. The van der Waals surface area contributed by atoms with Gasteiger partial charge >= 0.3 is 5.69 Å². The summed E-state index contributed by atoms with van der Waals surface area (Å²) in [7, 11) is 0. The highest BCUT2D eigenvalue weighted by Crippen LogP contribution is 2.22. The van der Waals surface area contributed by atoms with Gasteiger partial charge in [-0.05, 0) is 6.92 Å². The first-order valence-electron chi connectivity index (χ1n) is 5.21. The summed E-state index contributed by atoms with van der Waals surface area (Å²) < 4.78 is 5.14. The molecule has 0 saturated heterocycles. The molecule has 19 heavy (non-hydrogen) atoms. The molecule has 1 heterocycles. The number of aromatic amines is 1. The third-order valence-corrected chi connectivity index (χ3v) is 2.64. The second kappa shape index (κ2) is 5.66. The normalized spacial score (nSPS) is 17.0. The Hall–Kier alpha value is -2.15. The summed E-state index contributed by atoms with van der Waals surface area (Å²) in [5.74, 6) is 0. The highest BCUT2D eigenvalue weighted by molar-refractivity contribution is 4.92. The second-order valence-electron chi connectivity index (χ2n) is 4.04. The smallest absolute Gasteiger partial charge is 0.330 e. The standard InChI is InChI=1S/C10H13N3O6/c1-10(4-14,19-5-11)7(16)8(17)13-3-2-6(15)12-9(13)18/h2-3,7-8,14,16-17H,4H2,1H3,(H,12,15,18)/t7-,8+,10+/m0/s1. The lowest BCUT2D eigenvalue weighted by Crippen LogP contribution is -2.51. The summed E-state index contributed by atoms with van der Waals surface area (Å²) in [5, 5.41) is 37.3. The van der Waals surface area contributed by atoms with E-state index in [2.05, 4.69) is 4.74 Å². The largest absolute Gasteiger partial charge is 0.416 e. The molecule has 0 unspecified atom stereocenters. The van der Waals surface area contributed by atoms with Crippen molar-refractivity contribution in [2.75, 3.05) is 6.61 Å². The number of rotatable bonds is 5. The Balaban J connectivity index is 3.12. The van der Waals surface area contributed by atoms with Crippen molar-refractivity contribution in [1.82, 2.24) is 9.55 Å². The minimum atomic E-state index is -1.81. The van der Waals surface area contributed by atoms with E-state index < -0.39 is 35.8 Å². The molecular weight excluding hydrogens is 258 g/mol. The van der Waals surface area contributed by atoms with Gasteiger partial charge in [-0.3, -0.25) is 14.3 Å². The number of ether oxygens (including phenoxy) is 1. The molecule has 1 aromatic heterocycles. The van der Waals surface area contributed by atoms with Gasteiger partial charge in [0.15, 0.2) is 11.8 Å². The van der Waals surface area contributed by atoms with E-state index in [0.29, 0.717) is 4.57 Å². The van der Waals surface area contributed by atoms with Crippen LogP contribution in [-0.4, -0.2) is 43.2 Å². The Bertz CT molecular complexity index is 588. The maximum atomic E-state index is 11.4. The van der Waals surface area contributed by atoms with Gasteiger partial charge in [0, 0.05) is 12.3 Å². The Morgan fingerprint density at radius 1 is 1.58 bits per heavy atom. The highest BCUT2D eigenvalue weighted by Gasteiger charge is 2.41. The van der Waals surface area contributed by atoms with Crippen molar-refractivity contribution in [1.29, 1.82) is 5.26 Å². The molecule has 9 nitrogen and oxygen atoms in total. The summed E-state index contributed by atoms with van der Waals surface area (Å²) in [6, 6.07) is 0.971. The van der Waals surface area contributed by atoms with Gasteiger partial charge in [0.25, 0.3) is 11.8 Å². The lowest BCUT2D eigenvalue weighted by molar-refractivity contribution is -0.156. The summed E-state index contributed by atoms with van der Waals surface area (Å²) >= 11 is 0. The van der Waals surface area contributed by atoms with Gasteiger partial charge < -0.3 is 20.1 Å². The number of nitriles is 1. The predicted molar refractivity (Wildman–Crippen MR) is 60.8 cm³/mol. The Labute approximate surface area is 106 Å². The maximum Gasteiger partial charge on any atom is 0.330 e. The van der Waals surface area contributed by atoms with Gasteiger partial charge in [-0.2, -0.15) is 5.26 Å². The zero-order valence-electron chi connectivity index (χ0n) is 9.98. The first kappa shape index (κ1) is 14.9. The van der Waals surface area contributed by atoms with Gasteiger partial charge in [-0.1, -0.05) is 0 Å². The first-order chi connectivity index (χ1) is 8.85. The van der Waals surface area contributed by atoms with Crippen LogP contribution in [0.2, 0.25) is 0 Å². The van der Waals surface area contributed by atoms with Crippen LogP contribution in [0.1, 0.15) is 13.2 Å². The van der Waals surface area contributed by atoms with E-state index in [-0.39, 0.29) is 0 Å². The molecule has 1 rings (SSSR count). The van der Waals surface area contributed by atoms with Gasteiger partial charge in [0.2, 0.25) is 0 Å². The van der Waals surface area contributed by atoms with Crippen molar-refractivity contribution in [2.45, 2.75) is 24.9 Å². The summed E-state index contributed by atoms with van der Waals surface area (Å²) in [6.45, 7) is 0.414. The minimum Gasteiger partial charge on any atom is -0.416 e. The first-order valence-corrected chi connectivity index (χ1v) is 5.21. The van der Waals surface area contributed by atoms with Gasteiger partial charge in [0.1, 0.15) is 6.10 Å². The highest BCUT2D eigenvalue weighted by atomic mass is 16.5.